The van der Waals surface area contributed by atoms with E-state index in [-0.39, 0.29) is 31.4 Å². The van der Waals surface area contributed by atoms with Gasteiger partial charge in [0, 0.05) is 31.2 Å². The Kier molecular flexibility index (Phi) is 6.38. The fourth-order valence-electron chi connectivity index (χ4n) is 3.91. The predicted molar refractivity (Wildman–Crippen MR) is 131 cm³/mol. The average molecular weight is 485 g/mol. The highest BCUT2D eigenvalue weighted by atomic mass is 16.5. The Bertz CT molecular complexity index is 1360. The van der Waals surface area contributed by atoms with E-state index in [0.29, 0.717) is 23.4 Å². The van der Waals surface area contributed by atoms with Crippen molar-refractivity contribution in [3.63, 3.8) is 0 Å². The summed E-state index contributed by atoms with van der Waals surface area (Å²) in [6, 6.07) is 11.7. The monoisotopic (exact) mass is 484 g/mol. The molecule has 2 aliphatic rings. The van der Waals surface area contributed by atoms with Gasteiger partial charge in [0.2, 0.25) is 0 Å². The van der Waals surface area contributed by atoms with Gasteiger partial charge in [-0.2, -0.15) is 0 Å². The Hall–Kier alpha value is -4.26. The van der Waals surface area contributed by atoms with E-state index in [1.165, 1.54) is 4.90 Å². The number of aliphatic hydroxyl groups is 1. The summed E-state index contributed by atoms with van der Waals surface area (Å²) < 4.78 is 10.9. The average Bonchev–Trinajstić information content (AvgIpc) is 2.99. The first-order valence-electron chi connectivity index (χ1n) is 11.4. The number of likely N-dealkylation sites (N-methyl/N-ethyl adjacent to an activating group) is 1. The molecule has 182 valence electrons. The smallest absolute Gasteiger partial charge is 0.270 e. The molecule has 36 heavy (non-hydrogen) atoms. The molecule has 9 heteroatoms. The van der Waals surface area contributed by atoms with Crippen LogP contribution in [-0.2, 0) is 16.0 Å². The summed E-state index contributed by atoms with van der Waals surface area (Å²) in [6.45, 7) is 0.323. The maximum absolute atomic E-state index is 13.2. The lowest BCUT2D eigenvalue weighted by Gasteiger charge is -2.30. The van der Waals surface area contributed by atoms with Crippen LogP contribution in [0, 0.1) is 11.8 Å². The second kappa shape index (κ2) is 9.77. The maximum Gasteiger partial charge on any atom is 0.270 e. The first-order chi connectivity index (χ1) is 17.4. The minimum atomic E-state index is -1.14. The van der Waals surface area contributed by atoms with Crippen LogP contribution in [0.5, 0.6) is 5.75 Å². The molecule has 9 nitrogen and oxygen atoms in total. The van der Waals surface area contributed by atoms with Gasteiger partial charge in [-0.25, -0.2) is 0 Å². The number of pyridine rings is 2. The van der Waals surface area contributed by atoms with Crippen molar-refractivity contribution in [3.05, 3.63) is 83.4 Å². The second-order valence-corrected chi connectivity index (χ2v) is 8.78. The first-order valence-corrected chi connectivity index (χ1v) is 11.4. The number of hydrogen-bond donors (Lipinski definition) is 2. The lowest BCUT2D eigenvalue weighted by molar-refractivity contribution is -0.140. The lowest BCUT2D eigenvalue weighted by Crippen LogP contribution is -2.49. The summed E-state index contributed by atoms with van der Waals surface area (Å²) >= 11 is 0. The molecule has 4 heterocycles. The fourth-order valence-corrected chi connectivity index (χ4v) is 3.91. The molecule has 1 saturated heterocycles. The van der Waals surface area contributed by atoms with Gasteiger partial charge in [-0.15, -0.1) is 0 Å². The van der Waals surface area contributed by atoms with Gasteiger partial charge in [-0.3, -0.25) is 19.6 Å². The normalized spacial score (nSPS) is 18.0. The molecule has 1 atom stereocenters. The van der Waals surface area contributed by atoms with Crippen LogP contribution in [0.15, 0.2) is 61.1 Å². The molecule has 0 spiro atoms. The van der Waals surface area contributed by atoms with E-state index in [1.54, 1.807) is 49.9 Å². The summed E-state index contributed by atoms with van der Waals surface area (Å²) in [5, 5.41) is 12.9. The largest absolute Gasteiger partial charge is 0.489 e. The molecule has 0 unspecified atom stereocenters. The number of nitrogens with one attached hydrogen (secondary N) is 1. The summed E-state index contributed by atoms with van der Waals surface area (Å²) in [6.07, 6.45) is 5.66. The van der Waals surface area contributed by atoms with Crippen LogP contribution in [0.2, 0.25) is 0 Å². The highest BCUT2D eigenvalue weighted by molar-refractivity contribution is 6.03. The molecule has 0 saturated carbocycles. The third-order valence-corrected chi connectivity index (χ3v) is 5.97. The number of benzene rings is 1. The minimum absolute atomic E-state index is 0.0284. The molecule has 2 N–H and O–H groups in total. The molecule has 0 aliphatic carbocycles. The number of rotatable bonds is 4. The Labute approximate surface area is 208 Å². The number of anilines is 1. The highest BCUT2D eigenvalue weighted by Gasteiger charge is 2.34. The molecule has 0 radical (unpaired) electrons. The number of carbonyl (C=O) groups is 2. The van der Waals surface area contributed by atoms with E-state index in [1.807, 2.05) is 18.2 Å². The Morgan fingerprint density at radius 3 is 2.83 bits per heavy atom. The van der Waals surface area contributed by atoms with Gasteiger partial charge in [0.1, 0.15) is 24.1 Å². The molecular weight excluding hydrogens is 460 g/mol. The first kappa shape index (κ1) is 23.5. The van der Waals surface area contributed by atoms with Crippen molar-refractivity contribution in [3.8, 4) is 17.6 Å². The summed E-state index contributed by atoms with van der Waals surface area (Å²) in [7, 11) is 1.62. The van der Waals surface area contributed by atoms with Crippen LogP contribution in [0.4, 0.5) is 5.69 Å². The van der Waals surface area contributed by atoms with Crippen LogP contribution >= 0.6 is 0 Å². The minimum Gasteiger partial charge on any atom is -0.489 e. The van der Waals surface area contributed by atoms with E-state index in [9.17, 15) is 14.7 Å². The zero-order chi connectivity index (χ0) is 25.1. The van der Waals surface area contributed by atoms with Crippen molar-refractivity contribution in [1.29, 1.82) is 0 Å². The van der Waals surface area contributed by atoms with Crippen LogP contribution < -0.4 is 15.0 Å². The zero-order valence-corrected chi connectivity index (χ0v) is 19.6. The predicted octanol–water partition coefficient (Wildman–Crippen LogP) is 1.33. The zero-order valence-electron chi connectivity index (χ0n) is 19.6. The van der Waals surface area contributed by atoms with Crippen LogP contribution in [0.25, 0.3) is 0 Å². The summed E-state index contributed by atoms with van der Waals surface area (Å²) in [4.78, 5) is 35.9. The number of nitrogens with zero attached hydrogens (tertiary/aromatic N) is 3. The molecule has 5 rings (SSSR count). The Morgan fingerprint density at radius 1 is 1.22 bits per heavy atom. The Balaban J connectivity index is 1.29. The quantitative estimate of drug-likeness (QED) is 0.537. The van der Waals surface area contributed by atoms with Gasteiger partial charge in [0.05, 0.1) is 18.9 Å². The van der Waals surface area contributed by atoms with Crippen molar-refractivity contribution in [2.24, 2.45) is 0 Å². The molecule has 1 fully saturated rings. The van der Waals surface area contributed by atoms with E-state index in [0.717, 1.165) is 11.1 Å². The summed E-state index contributed by atoms with van der Waals surface area (Å²) in [5.74, 6) is 5.43. The topological polar surface area (TPSA) is 114 Å². The van der Waals surface area contributed by atoms with E-state index in [2.05, 4.69) is 27.1 Å². The van der Waals surface area contributed by atoms with Crippen LogP contribution in [0.1, 0.15) is 27.2 Å². The van der Waals surface area contributed by atoms with E-state index < -0.39 is 17.6 Å². The van der Waals surface area contributed by atoms with E-state index in [4.69, 9.17) is 9.47 Å². The number of fused-ring (bicyclic) bond motifs is 1. The maximum atomic E-state index is 13.2. The van der Waals surface area contributed by atoms with Gasteiger partial charge in [-0.05, 0) is 53.9 Å². The molecule has 1 aromatic carbocycles. The number of hydrogen-bond acceptors (Lipinski definition) is 7. The van der Waals surface area contributed by atoms with Gasteiger partial charge >= 0.3 is 0 Å². The third kappa shape index (κ3) is 5.05. The second-order valence-electron chi connectivity index (χ2n) is 8.78. The van der Waals surface area contributed by atoms with Crippen molar-refractivity contribution in [2.45, 2.75) is 18.1 Å². The van der Waals surface area contributed by atoms with E-state index >= 15 is 0 Å². The SMILES string of the molecule is CN1C(=O)[C@@H](NC(=O)c2cc(Cc3cccnc3)ccn2)COc2ccc(C#CC3(O)COC3)cc21. The van der Waals surface area contributed by atoms with Crippen LogP contribution in [-0.4, -0.2) is 65.4 Å². The molecule has 0 bridgehead atoms. The van der Waals surface area contributed by atoms with Crippen molar-refractivity contribution >= 4 is 17.5 Å². The molecule has 2 amide bonds. The van der Waals surface area contributed by atoms with Gasteiger partial charge in [0.25, 0.3) is 11.8 Å². The van der Waals surface area contributed by atoms with Gasteiger partial charge in [0.15, 0.2) is 5.60 Å². The number of carbonyl (C=O) groups excluding carboxylic acids is 2. The van der Waals surface area contributed by atoms with Crippen molar-refractivity contribution in [1.82, 2.24) is 15.3 Å². The number of ether oxygens (including phenoxy) is 2. The van der Waals surface area contributed by atoms with Crippen molar-refractivity contribution in [2.75, 3.05) is 31.8 Å². The fraction of sp³-hybridized carbons (Fsp3) is 0.259. The van der Waals surface area contributed by atoms with Crippen molar-refractivity contribution < 1.29 is 24.2 Å². The molecule has 2 aliphatic heterocycles. The van der Waals surface area contributed by atoms with Gasteiger partial charge in [-0.1, -0.05) is 17.9 Å². The number of aromatic nitrogens is 2. The standard InChI is InChI=1S/C27H24N4O5/c1-31-23-13-18(6-8-27(34)16-35-17-27)4-5-24(23)36-15-22(26(31)33)30-25(32)21-12-19(7-10-29-21)11-20-3-2-9-28-14-20/h2-5,7,9-10,12-14,22,34H,11,15-17H2,1H3,(H,30,32)/t22-/m0/s1. The third-order valence-electron chi connectivity index (χ3n) is 5.97. The highest BCUT2D eigenvalue weighted by Crippen LogP contribution is 2.31. The molecule has 2 aromatic heterocycles. The molecular formula is C27H24N4O5. The number of amides is 2. The van der Waals surface area contributed by atoms with Gasteiger partial charge < -0.3 is 24.8 Å². The lowest BCUT2D eigenvalue weighted by atomic mass is 10.0. The molecule has 3 aromatic rings. The van der Waals surface area contributed by atoms with Crippen LogP contribution in [0.3, 0.4) is 0 Å². The Morgan fingerprint density at radius 2 is 2.08 bits per heavy atom. The summed E-state index contributed by atoms with van der Waals surface area (Å²) in [5.41, 5.74) is 2.14.